The number of sulfone groups is 1. The number of allylic oxidation sites excluding steroid dienone is 1. The standard InChI is InChI=1S/C60H71ClF3N5O11S3/c1-40-54(70)55(71)56(72)58(79-40)80-48-19-9-41(10-20-48)37-69(57(73)43-13-17-47(18-14-43)68-29-27-67(28-30-68)38-44-36-59(2,3)25-23-51(44)42-11-15-45(61)16-12-42)83(76,77)50-21-22-52(53(35-50)82(74,75)60(62,63)64)65-46(24-26-66-31-33-78-34-32-66)39-81-49-7-5-4-6-8-49/h4-22,35,40,46,54-56,58,65,70-72H,23-34,36-39H2,1-3H3/t40-,46?,54+,55+,56-,58-/m0/s1. The van der Waals surface area contributed by atoms with Gasteiger partial charge in [0.15, 0.2) is 0 Å². The molecular weight excluding hydrogens is 1160 g/mol. The highest BCUT2D eigenvalue weighted by Gasteiger charge is 2.49. The first-order chi connectivity index (χ1) is 39.5. The number of piperazine rings is 1. The number of nitrogens with zero attached hydrogens (tertiary/aromatic N) is 4. The second-order valence-corrected chi connectivity index (χ2v) is 27.6. The Bertz CT molecular complexity index is 3280. The average Bonchev–Trinajstić information content (AvgIpc) is 3.04. The summed E-state index contributed by atoms with van der Waals surface area (Å²) in [7, 11) is -11.4. The molecule has 3 aliphatic heterocycles. The first-order valence-corrected chi connectivity index (χ1v) is 32.0. The third kappa shape index (κ3) is 15.2. The Morgan fingerprint density at radius 1 is 0.843 bits per heavy atom. The molecule has 4 aliphatic rings. The van der Waals surface area contributed by atoms with Crippen molar-refractivity contribution in [2.24, 2.45) is 5.41 Å². The fourth-order valence-electron chi connectivity index (χ4n) is 10.9. The van der Waals surface area contributed by atoms with E-state index < -0.39 is 90.0 Å². The monoisotopic (exact) mass is 1230 g/mol. The van der Waals surface area contributed by atoms with E-state index in [1.165, 1.54) is 71.8 Å². The lowest BCUT2D eigenvalue weighted by molar-refractivity contribution is -0.268. The van der Waals surface area contributed by atoms with E-state index in [0.717, 1.165) is 61.6 Å². The van der Waals surface area contributed by atoms with Crippen LogP contribution in [0.4, 0.5) is 24.5 Å². The van der Waals surface area contributed by atoms with E-state index in [4.69, 9.17) is 25.8 Å². The molecule has 83 heavy (non-hydrogen) atoms. The summed E-state index contributed by atoms with van der Waals surface area (Å²) in [4.78, 5) is 20.3. The van der Waals surface area contributed by atoms with Crippen LogP contribution in [0.3, 0.4) is 0 Å². The number of amides is 1. The highest BCUT2D eigenvalue weighted by Crippen LogP contribution is 2.43. The molecule has 1 amide bonds. The van der Waals surface area contributed by atoms with E-state index >= 15 is 8.42 Å². The molecule has 4 N–H and O–H groups in total. The van der Waals surface area contributed by atoms with Gasteiger partial charge in [0.25, 0.3) is 25.8 Å². The number of thioether (sulfide) groups is 1. The van der Waals surface area contributed by atoms with Crippen LogP contribution in [-0.4, -0.2) is 166 Å². The van der Waals surface area contributed by atoms with Gasteiger partial charge in [0, 0.05) is 85.3 Å². The van der Waals surface area contributed by atoms with Crippen LogP contribution in [0.5, 0.6) is 5.75 Å². The van der Waals surface area contributed by atoms with Crippen LogP contribution in [-0.2, 0) is 35.9 Å². The molecule has 1 unspecified atom stereocenters. The minimum atomic E-state index is -6.22. The van der Waals surface area contributed by atoms with Gasteiger partial charge in [-0.2, -0.15) is 13.2 Å². The van der Waals surface area contributed by atoms with Crippen molar-refractivity contribution in [2.75, 3.05) is 81.5 Å². The van der Waals surface area contributed by atoms with Gasteiger partial charge < -0.3 is 39.7 Å². The fourth-order valence-corrected chi connectivity index (χ4v) is 14.4. The number of nitrogens with one attached hydrogen (secondary N) is 1. The molecule has 3 saturated heterocycles. The van der Waals surface area contributed by atoms with Crippen molar-refractivity contribution >= 4 is 66.1 Å². The van der Waals surface area contributed by atoms with E-state index in [1.807, 2.05) is 42.5 Å². The molecule has 0 spiro atoms. The molecule has 1 aliphatic carbocycles. The summed E-state index contributed by atoms with van der Waals surface area (Å²) in [5.74, 6) is -0.645. The lowest BCUT2D eigenvalue weighted by atomic mass is 9.73. The highest BCUT2D eigenvalue weighted by molar-refractivity contribution is 7.99. The second kappa shape index (κ2) is 26.6. The number of carbonyl (C=O) groups is 1. The largest absolute Gasteiger partial charge is 0.501 e. The summed E-state index contributed by atoms with van der Waals surface area (Å²) in [6.07, 6.45) is -3.48. The molecule has 6 atom stereocenters. The van der Waals surface area contributed by atoms with E-state index in [0.29, 0.717) is 73.5 Å². The number of sulfonamides is 1. The molecule has 5 aromatic rings. The average molecular weight is 1230 g/mol. The van der Waals surface area contributed by atoms with Crippen LogP contribution in [0, 0.1) is 5.41 Å². The van der Waals surface area contributed by atoms with Crippen LogP contribution < -0.4 is 15.0 Å². The summed E-state index contributed by atoms with van der Waals surface area (Å²) in [5.41, 5.74) is -1.27. The minimum absolute atomic E-state index is 0.0729. The Balaban J connectivity index is 0.986. The first-order valence-electron chi connectivity index (χ1n) is 27.7. The Kier molecular flexibility index (Phi) is 19.9. The molecule has 16 nitrogen and oxygen atoms in total. The first kappa shape index (κ1) is 62.3. The molecule has 5 aromatic carbocycles. The third-order valence-electron chi connectivity index (χ3n) is 15.8. The summed E-state index contributed by atoms with van der Waals surface area (Å²) in [5, 5.41) is 34.8. The summed E-state index contributed by atoms with van der Waals surface area (Å²) < 4.78 is 119. The van der Waals surface area contributed by atoms with Gasteiger partial charge in [0.05, 0.1) is 36.4 Å². The minimum Gasteiger partial charge on any atom is -0.462 e. The van der Waals surface area contributed by atoms with E-state index in [1.54, 1.807) is 12.1 Å². The van der Waals surface area contributed by atoms with E-state index in [-0.39, 0.29) is 22.3 Å². The van der Waals surface area contributed by atoms with Crippen LogP contribution >= 0.6 is 23.4 Å². The molecule has 0 aromatic heterocycles. The number of aliphatic hydroxyl groups excluding tert-OH is 3. The molecule has 0 radical (unpaired) electrons. The second-order valence-electron chi connectivity index (χ2n) is 22.3. The third-order valence-corrected chi connectivity index (χ3v) is 20.4. The smallest absolute Gasteiger partial charge is 0.462 e. The topological polar surface area (TPSA) is 199 Å². The molecule has 448 valence electrons. The van der Waals surface area contributed by atoms with Crippen molar-refractivity contribution in [1.29, 1.82) is 0 Å². The Morgan fingerprint density at radius 3 is 2.18 bits per heavy atom. The number of hydrogen-bond donors (Lipinski definition) is 4. The van der Waals surface area contributed by atoms with Gasteiger partial charge >= 0.3 is 5.51 Å². The number of anilines is 2. The number of rotatable bonds is 20. The van der Waals surface area contributed by atoms with Crippen molar-refractivity contribution in [3.63, 3.8) is 0 Å². The molecular formula is C60H71ClF3N5O11S3. The maximum Gasteiger partial charge on any atom is 0.501 e. The molecule has 0 bridgehead atoms. The predicted molar refractivity (Wildman–Crippen MR) is 314 cm³/mol. The number of morpholine rings is 1. The van der Waals surface area contributed by atoms with E-state index in [9.17, 15) is 41.7 Å². The van der Waals surface area contributed by atoms with Gasteiger partial charge in [-0.1, -0.05) is 73.5 Å². The van der Waals surface area contributed by atoms with Crippen molar-refractivity contribution in [3.8, 4) is 5.75 Å². The van der Waals surface area contributed by atoms with Gasteiger partial charge in [0.1, 0.15) is 29.0 Å². The normalized spacial score (nSPS) is 22.5. The number of ether oxygens (including phenoxy) is 3. The zero-order valence-electron chi connectivity index (χ0n) is 46.5. The Hall–Kier alpha value is -5.24. The number of hydrogen-bond acceptors (Lipinski definition) is 16. The fraction of sp³-hybridized carbons (Fsp3) is 0.450. The molecule has 9 rings (SSSR count). The Morgan fingerprint density at radius 2 is 1.52 bits per heavy atom. The van der Waals surface area contributed by atoms with Crippen LogP contribution in [0.2, 0.25) is 5.02 Å². The molecule has 3 fully saturated rings. The van der Waals surface area contributed by atoms with Gasteiger partial charge in [-0.25, -0.2) is 21.1 Å². The van der Waals surface area contributed by atoms with Gasteiger partial charge in [0.2, 0.25) is 6.29 Å². The summed E-state index contributed by atoms with van der Waals surface area (Å²) in [6, 6.07) is 31.1. The van der Waals surface area contributed by atoms with Gasteiger partial charge in [-0.05, 0) is 134 Å². The molecule has 23 heteroatoms. The summed E-state index contributed by atoms with van der Waals surface area (Å²) >= 11 is 7.66. The maximum absolute atomic E-state index is 15.1. The van der Waals surface area contributed by atoms with E-state index in [2.05, 4.69) is 46.0 Å². The zero-order chi connectivity index (χ0) is 59.3. The zero-order valence-corrected chi connectivity index (χ0v) is 49.7. The predicted octanol–water partition coefficient (Wildman–Crippen LogP) is 8.95. The number of alkyl halides is 3. The van der Waals surface area contributed by atoms with Crippen molar-refractivity contribution in [1.82, 2.24) is 14.1 Å². The summed E-state index contributed by atoms with van der Waals surface area (Å²) in [6.45, 7) is 11.9. The number of benzene rings is 5. The van der Waals surface area contributed by atoms with Gasteiger partial charge in [-0.3, -0.25) is 14.6 Å². The van der Waals surface area contributed by atoms with Crippen LogP contribution in [0.25, 0.3) is 5.57 Å². The number of carbonyl (C=O) groups excluding carboxylic acids is 1. The maximum atomic E-state index is 15.1. The van der Waals surface area contributed by atoms with Crippen molar-refractivity contribution in [2.45, 2.75) is 110 Å². The van der Waals surface area contributed by atoms with Crippen molar-refractivity contribution < 1.29 is 64.3 Å². The van der Waals surface area contributed by atoms with Crippen LogP contribution in [0.1, 0.15) is 67.9 Å². The number of halogens is 4. The van der Waals surface area contributed by atoms with Gasteiger partial charge in [-0.15, -0.1) is 11.8 Å². The lowest BCUT2D eigenvalue weighted by Crippen LogP contribution is -2.58. The van der Waals surface area contributed by atoms with Crippen molar-refractivity contribution in [3.05, 3.63) is 149 Å². The quantitative estimate of drug-likeness (QED) is 0.0538. The highest BCUT2D eigenvalue weighted by atomic mass is 35.5. The molecule has 0 saturated carbocycles. The Labute approximate surface area is 493 Å². The van der Waals surface area contributed by atoms with Crippen LogP contribution in [0.15, 0.2) is 142 Å². The lowest BCUT2D eigenvalue weighted by Gasteiger charge is -2.39. The molecule has 3 heterocycles. The SMILES string of the molecule is C[C@@H]1O[C@@H](Oc2ccc(CN(C(=O)c3ccc(N4CCN(CC5=C(c6ccc(Cl)cc6)CCC(C)(C)C5)CC4)cc3)S(=O)(=O)c3ccc(NC(CCN4CCOCC4)CSc4ccccc4)c(S(=O)(=O)C(F)(F)F)c3)cc2)[C@@H](O)[C@H](O)[C@@H]1O. The number of aliphatic hydroxyl groups is 3.